The number of rotatable bonds is 6. The molecule has 2 N–H and O–H groups in total. The molecule has 0 saturated carbocycles. The van der Waals surface area contributed by atoms with E-state index in [1.807, 2.05) is 0 Å². The van der Waals surface area contributed by atoms with Gasteiger partial charge in [-0.1, -0.05) is 0 Å². The minimum atomic E-state index is -1.06. The SMILES string of the molecule is COC(=O)[C@@H](CO)NC(=O)CSc1ccc(F)cc1. The van der Waals surface area contributed by atoms with Gasteiger partial charge in [-0.25, -0.2) is 9.18 Å². The van der Waals surface area contributed by atoms with Crippen molar-refractivity contribution in [3.63, 3.8) is 0 Å². The fourth-order valence-corrected chi connectivity index (χ4v) is 1.95. The van der Waals surface area contributed by atoms with Crippen molar-refractivity contribution in [3.05, 3.63) is 30.1 Å². The standard InChI is InChI=1S/C12H14FNO4S/c1-18-12(17)10(6-15)14-11(16)7-19-9-4-2-8(13)3-5-9/h2-5,10,15H,6-7H2,1H3,(H,14,16)/t10-/m1/s1. The molecular formula is C12H14FNO4S. The first-order chi connectivity index (χ1) is 9.06. The molecule has 0 aliphatic heterocycles. The molecule has 1 aromatic rings. The lowest BCUT2D eigenvalue weighted by molar-refractivity contribution is -0.145. The number of hydrogen-bond acceptors (Lipinski definition) is 5. The summed E-state index contributed by atoms with van der Waals surface area (Å²) in [7, 11) is 1.17. The van der Waals surface area contributed by atoms with E-state index in [1.54, 1.807) is 12.1 Å². The molecule has 0 spiro atoms. The lowest BCUT2D eigenvalue weighted by Crippen LogP contribution is -2.44. The van der Waals surface area contributed by atoms with Gasteiger partial charge in [0.25, 0.3) is 0 Å². The Kier molecular flexibility index (Phi) is 6.31. The van der Waals surface area contributed by atoms with E-state index < -0.39 is 24.5 Å². The second-order valence-corrected chi connectivity index (χ2v) is 4.62. The predicted octanol–water partition coefficient (Wildman–Crippen LogP) is 0.568. The highest BCUT2D eigenvalue weighted by Gasteiger charge is 2.20. The van der Waals surface area contributed by atoms with Crippen molar-refractivity contribution in [2.45, 2.75) is 10.9 Å². The summed E-state index contributed by atoms with van der Waals surface area (Å²) in [6, 6.07) is 4.64. The van der Waals surface area contributed by atoms with Crippen molar-refractivity contribution in [3.8, 4) is 0 Å². The first kappa shape index (κ1) is 15.5. The topological polar surface area (TPSA) is 75.6 Å². The number of carbonyl (C=O) groups excluding carboxylic acids is 2. The van der Waals surface area contributed by atoms with Crippen LogP contribution < -0.4 is 5.32 Å². The van der Waals surface area contributed by atoms with Gasteiger partial charge in [-0.15, -0.1) is 11.8 Å². The normalized spacial score (nSPS) is 11.7. The molecule has 19 heavy (non-hydrogen) atoms. The van der Waals surface area contributed by atoms with Crippen LogP contribution in [0.5, 0.6) is 0 Å². The predicted molar refractivity (Wildman–Crippen MR) is 68.2 cm³/mol. The van der Waals surface area contributed by atoms with Crippen LogP contribution in [0, 0.1) is 5.82 Å². The summed E-state index contributed by atoms with van der Waals surface area (Å²) in [5.41, 5.74) is 0. The third kappa shape index (κ3) is 5.27. The van der Waals surface area contributed by atoms with E-state index in [4.69, 9.17) is 5.11 Å². The van der Waals surface area contributed by atoms with Gasteiger partial charge in [0.05, 0.1) is 19.5 Å². The van der Waals surface area contributed by atoms with E-state index >= 15 is 0 Å². The minimum Gasteiger partial charge on any atom is -0.467 e. The highest BCUT2D eigenvalue weighted by Crippen LogP contribution is 2.17. The molecule has 7 heteroatoms. The van der Waals surface area contributed by atoms with Crippen molar-refractivity contribution in [2.24, 2.45) is 0 Å². The van der Waals surface area contributed by atoms with Crippen molar-refractivity contribution < 1.29 is 23.8 Å². The molecule has 0 saturated heterocycles. The second kappa shape index (κ2) is 7.75. The van der Waals surface area contributed by atoms with Crippen LogP contribution in [-0.4, -0.2) is 42.5 Å². The molecule has 0 fully saturated rings. The molecule has 0 radical (unpaired) electrons. The van der Waals surface area contributed by atoms with E-state index in [1.165, 1.54) is 31.0 Å². The molecule has 104 valence electrons. The smallest absolute Gasteiger partial charge is 0.330 e. The van der Waals surface area contributed by atoms with Crippen LogP contribution in [0.3, 0.4) is 0 Å². The molecule has 5 nitrogen and oxygen atoms in total. The Morgan fingerprint density at radius 1 is 1.42 bits per heavy atom. The van der Waals surface area contributed by atoms with Crippen molar-refractivity contribution >= 4 is 23.6 Å². The average Bonchev–Trinajstić information content (AvgIpc) is 2.43. The van der Waals surface area contributed by atoms with E-state index in [-0.39, 0.29) is 11.6 Å². The van der Waals surface area contributed by atoms with E-state index in [9.17, 15) is 14.0 Å². The summed E-state index contributed by atoms with van der Waals surface area (Å²) < 4.78 is 17.1. The van der Waals surface area contributed by atoms with Gasteiger partial charge in [0.15, 0.2) is 6.04 Å². The lowest BCUT2D eigenvalue weighted by atomic mass is 10.3. The maximum atomic E-state index is 12.7. The van der Waals surface area contributed by atoms with Crippen LogP contribution in [0.25, 0.3) is 0 Å². The zero-order valence-corrected chi connectivity index (χ0v) is 11.1. The van der Waals surface area contributed by atoms with E-state index in [0.717, 1.165) is 4.90 Å². The summed E-state index contributed by atoms with van der Waals surface area (Å²) >= 11 is 1.20. The summed E-state index contributed by atoms with van der Waals surface area (Å²) in [6.45, 7) is -0.528. The number of benzene rings is 1. The maximum Gasteiger partial charge on any atom is 0.330 e. The van der Waals surface area contributed by atoms with Crippen molar-refractivity contribution in [2.75, 3.05) is 19.5 Å². The van der Waals surface area contributed by atoms with Crippen LogP contribution in [0.2, 0.25) is 0 Å². The summed E-state index contributed by atoms with van der Waals surface area (Å²) in [4.78, 5) is 23.4. The number of nitrogens with one attached hydrogen (secondary N) is 1. The highest BCUT2D eigenvalue weighted by atomic mass is 32.2. The first-order valence-electron chi connectivity index (χ1n) is 5.43. The summed E-state index contributed by atoms with van der Waals surface area (Å²) in [5.74, 6) is -1.42. The molecule has 1 aromatic carbocycles. The number of amides is 1. The van der Waals surface area contributed by atoms with Gasteiger partial charge in [-0.2, -0.15) is 0 Å². The van der Waals surface area contributed by atoms with Crippen molar-refractivity contribution in [1.82, 2.24) is 5.32 Å². The van der Waals surface area contributed by atoms with E-state index in [0.29, 0.717) is 0 Å². The van der Waals surface area contributed by atoms with Gasteiger partial charge in [0.1, 0.15) is 5.82 Å². The Labute approximate surface area is 114 Å². The fraction of sp³-hybridized carbons (Fsp3) is 0.333. The molecule has 0 aliphatic carbocycles. The Morgan fingerprint density at radius 3 is 2.58 bits per heavy atom. The van der Waals surface area contributed by atoms with Crippen LogP contribution in [-0.2, 0) is 14.3 Å². The van der Waals surface area contributed by atoms with Gasteiger partial charge in [0, 0.05) is 4.90 Å². The third-order valence-corrected chi connectivity index (χ3v) is 3.20. The number of ether oxygens (including phenoxy) is 1. The van der Waals surface area contributed by atoms with Gasteiger partial charge in [-0.05, 0) is 24.3 Å². The summed E-state index contributed by atoms with van der Waals surface area (Å²) in [5, 5.41) is 11.3. The van der Waals surface area contributed by atoms with Crippen LogP contribution in [0.1, 0.15) is 0 Å². The molecule has 1 amide bonds. The number of hydrogen-bond donors (Lipinski definition) is 2. The zero-order valence-electron chi connectivity index (χ0n) is 10.3. The monoisotopic (exact) mass is 287 g/mol. The van der Waals surface area contributed by atoms with Crippen LogP contribution in [0.15, 0.2) is 29.2 Å². The maximum absolute atomic E-state index is 12.7. The second-order valence-electron chi connectivity index (χ2n) is 3.57. The van der Waals surface area contributed by atoms with Gasteiger partial charge in [-0.3, -0.25) is 4.79 Å². The van der Waals surface area contributed by atoms with E-state index in [2.05, 4.69) is 10.1 Å². The van der Waals surface area contributed by atoms with Gasteiger partial charge < -0.3 is 15.2 Å². The van der Waals surface area contributed by atoms with Crippen LogP contribution >= 0.6 is 11.8 Å². The molecule has 0 heterocycles. The first-order valence-corrected chi connectivity index (χ1v) is 6.41. The number of aliphatic hydroxyl groups is 1. The quantitative estimate of drug-likeness (QED) is 0.591. The average molecular weight is 287 g/mol. The molecule has 0 aliphatic rings. The minimum absolute atomic E-state index is 0.0547. The molecule has 0 bridgehead atoms. The Hall–Kier alpha value is -1.60. The number of halogens is 1. The van der Waals surface area contributed by atoms with Gasteiger partial charge in [0.2, 0.25) is 5.91 Å². The number of carbonyl (C=O) groups is 2. The van der Waals surface area contributed by atoms with Crippen molar-refractivity contribution in [1.29, 1.82) is 0 Å². The van der Waals surface area contributed by atoms with Gasteiger partial charge >= 0.3 is 5.97 Å². The summed E-state index contributed by atoms with van der Waals surface area (Å²) in [6.07, 6.45) is 0. The number of aliphatic hydroxyl groups excluding tert-OH is 1. The Morgan fingerprint density at radius 2 is 2.05 bits per heavy atom. The molecule has 1 rings (SSSR count). The molecule has 0 unspecified atom stereocenters. The largest absolute Gasteiger partial charge is 0.467 e. The number of esters is 1. The Balaban J connectivity index is 2.42. The Bertz CT molecular complexity index is 438. The molecule has 1 atom stereocenters. The lowest BCUT2D eigenvalue weighted by Gasteiger charge is -2.13. The van der Waals surface area contributed by atoms with Crippen LogP contribution in [0.4, 0.5) is 4.39 Å². The molecule has 0 aromatic heterocycles. The zero-order chi connectivity index (χ0) is 14.3. The number of methoxy groups -OCH3 is 1. The highest BCUT2D eigenvalue weighted by molar-refractivity contribution is 8.00. The third-order valence-electron chi connectivity index (χ3n) is 2.19. The fourth-order valence-electron chi connectivity index (χ4n) is 1.24. The number of thioether (sulfide) groups is 1. The molecular weight excluding hydrogens is 273 g/mol.